The van der Waals surface area contributed by atoms with Crippen LogP contribution in [0.15, 0.2) is 60.8 Å². The number of amides is 1. The van der Waals surface area contributed by atoms with Crippen molar-refractivity contribution in [1.82, 2.24) is 9.88 Å². The Kier molecular flexibility index (Phi) is 6.75. The van der Waals surface area contributed by atoms with E-state index in [-0.39, 0.29) is 17.0 Å². The molecule has 0 saturated carbocycles. The SMILES string of the molecule is CC(C)(C)OC(=O)N1CCC[C@H]1N(c1ccc(F)c(Cl)c1)c1ccc(-c2ccc(F)cc2)cn1. The van der Waals surface area contributed by atoms with Gasteiger partial charge in [-0.15, -0.1) is 0 Å². The first-order valence-corrected chi connectivity index (χ1v) is 11.5. The Balaban J connectivity index is 1.72. The molecule has 3 aromatic rings. The van der Waals surface area contributed by atoms with E-state index in [0.29, 0.717) is 24.5 Å². The molecule has 34 heavy (non-hydrogen) atoms. The molecule has 178 valence electrons. The zero-order valence-corrected chi connectivity index (χ0v) is 20.0. The molecule has 1 amide bonds. The van der Waals surface area contributed by atoms with Crippen LogP contribution in [0, 0.1) is 11.6 Å². The van der Waals surface area contributed by atoms with Crippen molar-refractivity contribution in [1.29, 1.82) is 0 Å². The Hall–Kier alpha value is -3.19. The third-order valence-electron chi connectivity index (χ3n) is 5.50. The van der Waals surface area contributed by atoms with Crippen molar-refractivity contribution in [2.24, 2.45) is 0 Å². The standard InChI is InChI=1S/C26H26ClF2N3O2/c1-26(2,3)34-25(33)31-14-4-5-24(31)32(20-11-12-22(29)21(27)15-20)23-13-8-18(16-30-23)17-6-9-19(28)10-7-17/h6-13,15-16,24H,4-5,14H2,1-3H3/t24-/m1/s1. The largest absolute Gasteiger partial charge is 0.444 e. The van der Waals surface area contributed by atoms with Crippen LogP contribution in [0.3, 0.4) is 0 Å². The zero-order chi connectivity index (χ0) is 24.5. The van der Waals surface area contributed by atoms with Gasteiger partial charge in [0.25, 0.3) is 0 Å². The number of benzene rings is 2. The van der Waals surface area contributed by atoms with Gasteiger partial charge in [0.15, 0.2) is 0 Å². The molecule has 8 heteroatoms. The molecule has 0 aliphatic carbocycles. The third kappa shape index (κ3) is 5.30. The van der Waals surface area contributed by atoms with E-state index in [0.717, 1.165) is 17.5 Å². The Morgan fingerprint density at radius 3 is 2.41 bits per heavy atom. The zero-order valence-electron chi connectivity index (χ0n) is 19.3. The van der Waals surface area contributed by atoms with Gasteiger partial charge in [0.2, 0.25) is 0 Å². The van der Waals surface area contributed by atoms with Crippen LogP contribution in [0.25, 0.3) is 11.1 Å². The van der Waals surface area contributed by atoms with Crippen LogP contribution in [0.5, 0.6) is 0 Å². The van der Waals surface area contributed by atoms with Crippen LogP contribution in [-0.2, 0) is 4.74 Å². The molecule has 1 saturated heterocycles. The number of pyridine rings is 1. The van der Waals surface area contributed by atoms with Crippen LogP contribution >= 0.6 is 11.6 Å². The van der Waals surface area contributed by atoms with Gasteiger partial charge in [-0.05, 0) is 81.6 Å². The summed E-state index contributed by atoms with van der Waals surface area (Å²) in [4.78, 5) is 21.1. The van der Waals surface area contributed by atoms with Crippen molar-refractivity contribution >= 4 is 29.2 Å². The summed E-state index contributed by atoms with van der Waals surface area (Å²) in [6.07, 6.45) is 2.34. The highest BCUT2D eigenvalue weighted by atomic mass is 35.5. The lowest BCUT2D eigenvalue weighted by Crippen LogP contribution is -2.47. The Labute approximate surface area is 202 Å². The van der Waals surface area contributed by atoms with E-state index >= 15 is 0 Å². The van der Waals surface area contributed by atoms with Crippen molar-refractivity contribution in [3.8, 4) is 11.1 Å². The molecular formula is C26H26ClF2N3O2. The van der Waals surface area contributed by atoms with E-state index < -0.39 is 17.5 Å². The molecule has 0 radical (unpaired) electrons. The second-order valence-corrected chi connectivity index (χ2v) is 9.58. The summed E-state index contributed by atoms with van der Waals surface area (Å²) >= 11 is 6.10. The fraction of sp³-hybridized carbons (Fsp3) is 0.308. The van der Waals surface area contributed by atoms with Gasteiger partial charge in [-0.25, -0.2) is 18.6 Å². The first-order valence-electron chi connectivity index (χ1n) is 11.1. The van der Waals surface area contributed by atoms with E-state index in [1.54, 1.807) is 29.3 Å². The second-order valence-electron chi connectivity index (χ2n) is 9.18. The van der Waals surface area contributed by atoms with Gasteiger partial charge in [0.1, 0.15) is 29.2 Å². The molecule has 1 fully saturated rings. The number of rotatable bonds is 4. The van der Waals surface area contributed by atoms with Crippen LogP contribution < -0.4 is 4.90 Å². The quantitative estimate of drug-likeness (QED) is 0.393. The maximum absolute atomic E-state index is 13.9. The number of carbonyl (C=O) groups excluding carboxylic acids is 1. The lowest BCUT2D eigenvalue weighted by Gasteiger charge is -2.37. The molecule has 0 bridgehead atoms. The number of nitrogens with zero attached hydrogens (tertiary/aromatic N) is 3. The van der Waals surface area contributed by atoms with Crippen LogP contribution in [-0.4, -0.2) is 34.3 Å². The highest BCUT2D eigenvalue weighted by Crippen LogP contribution is 2.36. The number of hydrogen-bond acceptors (Lipinski definition) is 4. The number of likely N-dealkylation sites (tertiary alicyclic amines) is 1. The summed E-state index contributed by atoms with van der Waals surface area (Å²) < 4.78 is 32.8. The summed E-state index contributed by atoms with van der Waals surface area (Å²) in [6.45, 7) is 5.99. The lowest BCUT2D eigenvalue weighted by molar-refractivity contribution is 0.0230. The number of halogens is 3. The van der Waals surface area contributed by atoms with Gasteiger partial charge in [-0.3, -0.25) is 4.90 Å². The number of aromatic nitrogens is 1. The normalized spacial score (nSPS) is 15.9. The number of hydrogen-bond donors (Lipinski definition) is 0. The van der Waals surface area contributed by atoms with E-state index in [1.165, 1.54) is 24.3 Å². The first kappa shape index (κ1) is 24.0. The number of anilines is 2. The molecule has 0 unspecified atom stereocenters. The molecule has 1 aliphatic rings. The smallest absolute Gasteiger partial charge is 0.411 e. The Morgan fingerprint density at radius 1 is 1.09 bits per heavy atom. The van der Waals surface area contributed by atoms with Gasteiger partial charge < -0.3 is 9.64 Å². The molecule has 2 aromatic carbocycles. The summed E-state index contributed by atoms with van der Waals surface area (Å²) in [6, 6.07) is 14.3. The van der Waals surface area contributed by atoms with Crippen LogP contribution in [0.1, 0.15) is 33.6 Å². The van der Waals surface area contributed by atoms with Crippen molar-refractivity contribution in [3.63, 3.8) is 0 Å². The molecule has 5 nitrogen and oxygen atoms in total. The van der Waals surface area contributed by atoms with Crippen molar-refractivity contribution in [2.75, 3.05) is 11.4 Å². The van der Waals surface area contributed by atoms with E-state index in [2.05, 4.69) is 4.98 Å². The maximum atomic E-state index is 13.9. The highest BCUT2D eigenvalue weighted by Gasteiger charge is 2.37. The second kappa shape index (κ2) is 9.58. The van der Waals surface area contributed by atoms with E-state index in [1.807, 2.05) is 37.8 Å². The van der Waals surface area contributed by atoms with Gasteiger partial charge >= 0.3 is 6.09 Å². The van der Waals surface area contributed by atoms with Gasteiger partial charge in [0.05, 0.1) is 5.02 Å². The molecule has 4 rings (SSSR count). The van der Waals surface area contributed by atoms with Crippen LogP contribution in [0.2, 0.25) is 5.02 Å². The van der Waals surface area contributed by atoms with Crippen LogP contribution in [0.4, 0.5) is 25.1 Å². The highest BCUT2D eigenvalue weighted by molar-refractivity contribution is 6.31. The van der Waals surface area contributed by atoms with Gasteiger partial charge in [0, 0.05) is 24.0 Å². The van der Waals surface area contributed by atoms with E-state index in [9.17, 15) is 13.6 Å². The predicted octanol–water partition coefficient (Wildman–Crippen LogP) is 7.18. The Bertz CT molecular complexity index is 1160. The molecule has 0 spiro atoms. The fourth-order valence-electron chi connectivity index (χ4n) is 3.98. The average Bonchev–Trinajstić information content (AvgIpc) is 3.26. The fourth-order valence-corrected chi connectivity index (χ4v) is 4.16. The third-order valence-corrected chi connectivity index (χ3v) is 5.79. The topological polar surface area (TPSA) is 45.7 Å². The number of carbonyl (C=O) groups is 1. The predicted molar refractivity (Wildman–Crippen MR) is 129 cm³/mol. The van der Waals surface area contributed by atoms with Crippen molar-refractivity contribution in [2.45, 2.75) is 45.4 Å². The lowest BCUT2D eigenvalue weighted by atomic mass is 10.1. The monoisotopic (exact) mass is 485 g/mol. The minimum Gasteiger partial charge on any atom is -0.444 e. The molecule has 2 heterocycles. The van der Waals surface area contributed by atoms with Crippen molar-refractivity contribution < 1.29 is 18.3 Å². The summed E-state index contributed by atoms with van der Waals surface area (Å²) in [5.74, 6) is -0.273. The molecule has 1 aromatic heterocycles. The molecular weight excluding hydrogens is 460 g/mol. The summed E-state index contributed by atoms with van der Waals surface area (Å²) in [7, 11) is 0. The minimum absolute atomic E-state index is 0.0211. The van der Waals surface area contributed by atoms with Crippen molar-refractivity contribution in [3.05, 3.63) is 77.5 Å². The molecule has 1 atom stereocenters. The minimum atomic E-state index is -0.636. The summed E-state index contributed by atoms with van der Waals surface area (Å²) in [5, 5.41) is -0.0211. The Morgan fingerprint density at radius 2 is 1.79 bits per heavy atom. The average molecular weight is 486 g/mol. The van der Waals surface area contributed by atoms with Gasteiger partial charge in [-0.1, -0.05) is 23.7 Å². The van der Waals surface area contributed by atoms with E-state index in [4.69, 9.17) is 16.3 Å². The summed E-state index contributed by atoms with van der Waals surface area (Å²) in [5.41, 5.74) is 1.61. The van der Waals surface area contributed by atoms with Gasteiger partial charge in [-0.2, -0.15) is 0 Å². The first-order chi connectivity index (χ1) is 16.1. The molecule has 0 N–H and O–H groups in total. The molecule has 1 aliphatic heterocycles. The maximum Gasteiger partial charge on any atom is 0.411 e. The number of ether oxygens (including phenoxy) is 1.